The molecule has 0 aliphatic rings. The summed E-state index contributed by atoms with van der Waals surface area (Å²) < 4.78 is 0. The SMILES string of the molecule is Cc1ccc(C[C@H](C)NC(=O)CNC(=O)CCC(C)C)s1. The van der Waals surface area contributed by atoms with Crippen molar-refractivity contribution in [2.75, 3.05) is 6.54 Å². The topological polar surface area (TPSA) is 58.2 Å². The van der Waals surface area contributed by atoms with Crippen LogP contribution in [0.25, 0.3) is 0 Å². The van der Waals surface area contributed by atoms with E-state index in [1.807, 2.05) is 6.92 Å². The number of rotatable bonds is 8. The monoisotopic (exact) mass is 310 g/mol. The molecule has 1 aromatic heterocycles. The zero-order valence-electron chi connectivity index (χ0n) is 13.4. The van der Waals surface area contributed by atoms with E-state index in [1.54, 1.807) is 11.3 Å². The first-order valence-corrected chi connectivity index (χ1v) is 8.30. The average molecular weight is 310 g/mol. The fourth-order valence-corrected chi connectivity index (χ4v) is 2.98. The summed E-state index contributed by atoms with van der Waals surface area (Å²) in [6.07, 6.45) is 2.15. The number of hydrogen-bond donors (Lipinski definition) is 2. The molecule has 21 heavy (non-hydrogen) atoms. The molecule has 0 aliphatic heterocycles. The highest BCUT2D eigenvalue weighted by Gasteiger charge is 2.10. The molecule has 2 amide bonds. The summed E-state index contributed by atoms with van der Waals surface area (Å²) in [5, 5.41) is 5.57. The van der Waals surface area contributed by atoms with Crippen molar-refractivity contribution in [2.45, 2.75) is 53.0 Å². The summed E-state index contributed by atoms with van der Waals surface area (Å²) in [5.41, 5.74) is 0. The van der Waals surface area contributed by atoms with Crippen LogP contribution in [0.3, 0.4) is 0 Å². The predicted molar refractivity (Wildman–Crippen MR) is 87.4 cm³/mol. The standard InChI is InChI=1S/C16H26N2O2S/c1-11(2)5-8-15(19)17-10-16(20)18-12(3)9-14-7-6-13(4)21-14/h6-7,11-12H,5,8-10H2,1-4H3,(H,17,19)(H,18,20)/t12-/m0/s1. The Morgan fingerprint density at radius 2 is 1.90 bits per heavy atom. The normalized spacial score (nSPS) is 12.2. The second-order valence-electron chi connectivity index (χ2n) is 5.89. The van der Waals surface area contributed by atoms with Gasteiger partial charge in [-0.05, 0) is 38.3 Å². The zero-order chi connectivity index (χ0) is 15.8. The van der Waals surface area contributed by atoms with Crippen molar-refractivity contribution < 1.29 is 9.59 Å². The maximum Gasteiger partial charge on any atom is 0.239 e. The Hall–Kier alpha value is -1.36. The molecule has 0 spiro atoms. The van der Waals surface area contributed by atoms with Gasteiger partial charge in [0, 0.05) is 28.6 Å². The Kier molecular flexibility index (Phi) is 7.43. The lowest BCUT2D eigenvalue weighted by Gasteiger charge is -2.13. The molecule has 1 heterocycles. The van der Waals surface area contributed by atoms with Gasteiger partial charge in [0.25, 0.3) is 0 Å². The van der Waals surface area contributed by atoms with Gasteiger partial charge in [-0.1, -0.05) is 13.8 Å². The summed E-state index contributed by atoms with van der Waals surface area (Å²) in [6, 6.07) is 4.25. The van der Waals surface area contributed by atoms with E-state index in [2.05, 4.69) is 43.5 Å². The number of amides is 2. The van der Waals surface area contributed by atoms with Gasteiger partial charge in [0.1, 0.15) is 0 Å². The molecule has 0 unspecified atom stereocenters. The van der Waals surface area contributed by atoms with E-state index in [0.29, 0.717) is 12.3 Å². The van der Waals surface area contributed by atoms with Gasteiger partial charge in [0.15, 0.2) is 0 Å². The van der Waals surface area contributed by atoms with Gasteiger partial charge >= 0.3 is 0 Å². The minimum absolute atomic E-state index is 0.0552. The van der Waals surface area contributed by atoms with Crippen molar-refractivity contribution in [1.29, 1.82) is 0 Å². The summed E-state index contributed by atoms with van der Waals surface area (Å²) >= 11 is 1.75. The predicted octanol–water partition coefficient (Wildman–Crippen LogP) is 2.66. The second-order valence-corrected chi connectivity index (χ2v) is 7.27. The van der Waals surface area contributed by atoms with Crippen molar-refractivity contribution in [2.24, 2.45) is 5.92 Å². The van der Waals surface area contributed by atoms with E-state index >= 15 is 0 Å². The largest absolute Gasteiger partial charge is 0.352 e. The number of carbonyl (C=O) groups excluding carboxylic acids is 2. The molecule has 5 heteroatoms. The molecule has 0 bridgehead atoms. The molecule has 1 atom stereocenters. The molecule has 0 saturated carbocycles. The molecule has 0 aliphatic carbocycles. The van der Waals surface area contributed by atoms with Crippen molar-refractivity contribution in [3.05, 3.63) is 21.9 Å². The Bertz CT molecular complexity index is 469. The van der Waals surface area contributed by atoms with Gasteiger partial charge in [0.05, 0.1) is 6.54 Å². The second kappa shape index (κ2) is 8.82. The molecular formula is C16H26N2O2S. The van der Waals surface area contributed by atoms with Gasteiger partial charge in [0.2, 0.25) is 11.8 Å². The molecule has 1 aromatic rings. The number of carbonyl (C=O) groups is 2. The van der Waals surface area contributed by atoms with Gasteiger partial charge in [-0.25, -0.2) is 0 Å². The summed E-state index contributed by atoms with van der Waals surface area (Å²) in [6.45, 7) is 8.27. The Balaban J connectivity index is 2.22. The van der Waals surface area contributed by atoms with Crippen LogP contribution < -0.4 is 10.6 Å². The van der Waals surface area contributed by atoms with Gasteiger partial charge in [-0.15, -0.1) is 11.3 Å². The minimum Gasteiger partial charge on any atom is -0.352 e. The van der Waals surface area contributed by atoms with Crippen LogP contribution in [-0.2, 0) is 16.0 Å². The molecule has 0 radical (unpaired) electrons. The molecule has 0 aromatic carbocycles. The van der Waals surface area contributed by atoms with Crippen LogP contribution >= 0.6 is 11.3 Å². The lowest BCUT2D eigenvalue weighted by molar-refractivity contribution is -0.126. The minimum atomic E-state index is -0.131. The first-order chi connectivity index (χ1) is 9.86. The zero-order valence-corrected chi connectivity index (χ0v) is 14.2. The average Bonchev–Trinajstić information content (AvgIpc) is 2.79. The van der Waals surface area contributed by atoms with E-state index in [1.165, 1.54) is 9.75 Å². The van der Waals surface area contributed by atoms with E-state index in [-0.39, 0.29) is 24.4 Å². The van der Waals surface area contributed by atoms with Crippen LogP contribution in [0.15, 0.2) is 12.1 Å². The van der Waals surface area contributed by atoms with Crippen LogP contribution in [0.2, 0.25) is 0 Å². The maximum atomic E-state index is 11.8. The number of aryl methyl sites for hydroxylation is 1. The molecule has 2 N–H and O–H groups in total. The third-order valence-corrected chi connectivity index (χ3v) is 4.13. The van der Waals surface area contributed by atoms with Crippen molar-refractivity contribution in [3.63, 3.8) is 0 Å². The van der Waals surface area contributed by atoms with Gasteiger partial charge in [-0.3, -0.25) is 9.59 Å². The quantitative estimate of drug-likeness (QED) is 0.775. The van der Waals surface area contributed by atoms with E-state index in [4.69, 9.17) is 0 Å². The first-order valence-electron chi connectivity index (χ1n) is 7.48. The van der Waals surface area contributed by atoms with Crippen molar-refractivity contribution >= 4 is 23.2 Å². The summed E-state index contributed by atoms with van der Waals surface area (Å²) in [7, 11) is 0. The van der Waals surface area contributed by atoms with Crippen LogP contribution in [0, 0.1) is 12.8 Å². The van der Waals surface area contributed by atoms with Crippen LogP contribution in [0.5, 0.6) is 0 Å². The molecule has 0 saturated heterocycles. The van der Waals surface area contributed by atoms with Crippen molar-refractivity contribution in [1.82, 2.24) is 10.6 Å². The smallest absolute Gasteiger partial charge is 0.239 e. The summed E-state index contributed by atoms with van der Waals surface area (Å²) in [4.78, 5) is 25.9. The Labute approximate surface area is 131 Å². The Morgan fingerprint density at radius 1 is 1.19 bits per heavy atom. The van der Waals surface area contributed by atoms with Gasteiger partial charge < -0.3 is 10.6 Å². The first kappa shape index (κ1) is 17.7. The van der Waals surface area contributed by atoms with E-state index in [0.717, 1.165) is 12.8 Å². The number of nitrogens with one attached hydrogen (secondary N) is 2. The third-order valence-electron chi connectivity index (χ3n) is 3.11. The molecular weight excluding hydrogens is 284 g/mol. The highest BCUT2D eigenvalue weighted by molar-refractivity contribution is 7.11. The van der Waals surface area contributed by atoms with Gasteiger partial charge in [-0.2, -0.15) is 0 Å². The third kappa shape index (κ3) is 7.85. The van der Waals surface area contributed by atoms with Crippen LogP contribution in [0.1, 0.15) is 43.4 Å². The van der Waals surface area contributed by atoms with E-state index in [9.17, 15) is 9.59 Å². The van der Waals surface area contributed by atoms with Crippen LogP contribution in [-0.4, -0.2) is 24.4 Å². The lowest BCUT2D eigenvalue weighted by Crippen LogP contribution is -2.41. The summed E-state index contributed by atoms with van der Waals surface area (Å²) in [5.74, 6) is 0.313. The lowest BCUT2D eigenvalue weighted by atomic mass is 10.1. The maximum absolute atomic E-state index is 11.8. The number of hydrogen-bond acceptors (Lipinski definition) is 3. The fraction of sp³-hybridized carbons (Fsp3) is 0.625. The van der Waals surface area contributed by atoms with Crippen LogP contribution in [0.4, 0.5) is 0 Å². The Morgan fingerprint density at radius 3 is 2.48 bits per heavy atom. The molecule has 4 nitrogen and oxygen atoms in total. The number of thiophene rings is 1. The highest BCUT2D eigenvalue weighted by Crippen LogP contribution is 2.16. The molecule has 118 valence electrons. The fourth-order valence-electron chi connectivity index (χ4n) is 1.96. The van der Waals surface area contributed by atoms with E-state index < -0.39 is 0 Å². The van der Waals surface area contributed by atoms with Crippen molar-refractivity contribution in [3.8, 4) is 0 Å². The molecule has 1 rings (SSSR count). The highest BCUT2D eigenvalue weighted by atomic mass is 32.1. The molecule has 0 fully saturated rings.